The molecule has 1 N–H and O–H groups in total. The second-order valence-electron chi connectivity index (χ2n) is 5.63. The van der Waals surface area contributed by atoms with Crippen LogP contribution in [0.1, 0.15) is 6.92 Å². The third kappa shape index (κ3) is 4.07. The summed E-state index contributed by atoms with van der Waals surface area (Å²) in [5.74, 6) is 0.527. The largest absolute Gasteiger partial charge is 0.491 e. The molecule has 3 rings (SSSR count). The Hall–Kier alpha value is -2.63. The monoisotopic (exact) mass is 340 g/mol. The van der Waals surface area contributed by atoms with E-state index in [1.165, 1.54) is 6.26 Å². The zero-order valence-electron chi connectivity index (χ0n) is 14.0. The first-order valence-electron chi connectivity index (χ1n) is 8.18. The molecule has 1 aromatic heterocycles. The topological polar surface area (TPSA) is 68.9 Å². The Bertz CT molecular complexity index is 885. The lowest BCUT2D eigenvalue weighted by Crippen LogP contribution is -2.23. The second kappa shape index (κ2) is 7.96. The summed E-state index contributed by atoms with van der Waals surface area (Å²) in [5, 5.41) is 10.2. The zero-order chi connectivity index (χ0) is 17.6. The molecule has 1 heterocycles. The van der Waals surface area contributed by atoms with Crippen LogP contribution in [0.2, 0.25) is 0 Å². The highest BCUT2D eigenvalue weighted by Crippen LogP contribution is 2.23. The molecule has 0 aliphatic rings. The van der Waals surface area contributed by atoms with Crippen LogP contribution in [-0.4, -0.2) is 31.0 Å². The molecule has 5 nitrogen and oxygen atoms in total. The van der Waals surface area contributed by atoms with E-state index in [-0.39, 0.29) is 18.6 Å². The van der Waals surface area contributed by atoms with Crippen molar-refractivity contribution in [3.05, 3.63) is 65.0 Å². The molecule has 3 aromatic rings. The number of aliphatic hydroxyl groups excluding tert-OH is 1. The molecule has 130 valence electrons. The van der Waals surface area contributed by atoms with E-state index < -0.39 is 6.10 Å². The molecule has 0 saturated heterocycles. The molecule has 0 radical (unpaired) electrons. The summed E-state index contributed by atoms with van der Waals surface area (Å²) in [6.07, 6.45) is 0.761. The summed E-state index contributed by atoms with van der Waals surface area (Å²) in [4.78, 5) is 12.7. The van der Waals surface area contributed by atoms with Crippen LogP contribution in [0.4, 0.5) is 0 Å². The van der Waals surface area contributed by atoms with Crippen molar-refractivity contribution in [1.82, 2.24) is 0 Å². The van der Waals surface area contributed by atoms with E-state index in [1.807, 2.05) is 37.3 Å². The minimum Gasteiger partial charge on any atom is -0.491 e. The summed E-state index contributed by atoms with van der Waals surface area (Å²) in [6, 6.07) is 14.4. The molecule has 25 heavy (non-hydrogen) atoms. The van der Waals surface area contributed by atoms with E-state index in [4.69, 9.17) is 13.9 Å². The fourth-order valence-electron chi connectivity index (χ4n) is 2.51. The number of ether oxygens (including phenoxy) is 2. The maximum Gasteiger partial charge on any atom is 0.200 e. The first-order chi connectivity index (χ1) is 12.2. The lowest BCUT2D eigenvalue weighted by atomic mass is 10.1. The van der Waals surface area contributed by atoms with Gasteiger partial charge in [0, 0.05) is 12.7 Å². The Kier molecular flexibility index (Phi) is 5.48. The number of benzene rings is 2. The standard InChI is InChI=1S/C20H20O5/c1-2-23-11-15(21)12-24-16-8-9-17-19(10-16)25-13-18(20(17)22)14-6-4-3-5-7-14/h3-10,13,15,21H,2,11-12H2,1H3/t15-/m1/s1. The van der Waals surface area contributed by atoms with Gasteiger partial charge in [-0.2, -0.15) is 0 Å². The molecule has 0 fully saturated rings. The predicted molar refractivity (Wildman–Crippen MR) is 95.9 cm³/mol. The molecular formula is C20H20O5. The minimum atomic E-state index is -0.705. The van der Waals surface area contributed by atoms with E-state index in [0.29, 0.717) is 28.9 Å². The molecule has 0 bridgehead atoms. The Morgan fingerprint density at radius 3 is 2.68 bits per heavy atom. The highest BCUT2D eigenvalue weighted by atomic mass is 16.5. The Morgan fingerprint density at radius 2 is 1.92 bits per heavy atom. The van der Waals surface area contributed by atoms with Gasteiger partial charge in [-0.15, -0.1) is 0 Å². The molecular weight excluding hydrogens is 320 g/mol. The van der Waals surface area contributed by atoms with E-state index in [2.05, 4.69) is 0 Å². The van der Waals surface area contributed by atoms with Gasteiger partial charge in [-0.05, 0) is 24.6 Å². The van der Waals surface area contributed by atoms with Crippen LogP contribution in [0.5, 0.6) is 5.75 Å². The van der Waals surface area contributed by atoms with Gasteiger partial charge in [0.25, 0.3) is 0 Å². The maximum atomic E-state index is 12.7. The number of aliphatic hydroxyl groups is 1. The van der Waals surface area contributed by atoms with Crippen molar-refractivity contribution < 1.29 is 19.0 Å². The van der Waals surface area contributed by atoms with Crippen molar-refractivity contribution >= 4 is 11.0 Å². The highest BCUT2D eigenvalue weighted by molar-refractivity contribution is 5.82. The molecule has 0 aliphatic heterocycles. The van der Waals surface area contributed by atoms with Crippen molar-refractivity contribution in [2.45, 2.75) is 13.0 Å². The first-order valence-corrected chi connectivity index (χ1v) is 8.18. The van der Waals surface area contributed by atoms with Crippen LogP contribution in [0.15, 0.2) is 64.0 Å². The molecule has 1 atom stereocenters. The van der Waals surface area contributed by atoms with Crippen molar-refractivity contribution in [1.29, 1.82) is 0 Å². The van der Waals surface area contributed by atoms with Crippen molar-refractivity contribution in [2.75, 3.05) is 19.8 Å². The molecule has 5 heteroatoms. The molecule has 0 unspecified atom stereocenters. The van der Waals surface area contributed by atoms with E-state index in [1.54, 1.807) is 18.2 Å². The molecule has 0 saturated carbocycles. The average molecular weight is 340 g/mol. The Balaban J connectivity index is 1.81. The van der Waals surface area contributed by atoms with Gasteiger partial charge in [0.1, 0.15) is 30.3 Å². The number of rotatable bonds is 7. The normalized spacial score (nSPS) is 12.2. The van der Waals surface area contributed by atoms with Gasteiger partial charge in [-0.25, -0.2) is 0 Å². The lowest BCUT2D eigenvalue weighted by molar-refractivity contribution is 0.0164. The van der Waals surface area contributed by atoms with E-state index >= 15 is 0 Å². The van der Waals surface area contributed by atoms with Crippen LogP contribution in [-0.2, 0) is 4.74 Å². The fraction of sp³-hybridized carbons (Fsp3) is 0.250. The smallest absolute Gasteiger partial charge is 0.200 e. The minimum absolute atomic E-state index is 0.0876. The van der Waals surface area contributed by atoms with Crippen molar-refractivity contribution in [2.24, 2.45) is 0 Å². The zero-order valence-corrected chi connectivity index (χ0v) is 14.0. The third-order valence-electron chi connectivity index (χ3n) is 3.79. The van der Waals surface area contributed by atoms with Crippen LogP contribution in [0, 0.1) is 0 Å². The van der Waals surface area contributed by atoms with Crippen LogP contribution < -0.4 is 10.2 Å². The number of hydrogen-bond acceptors (Lipinski definition) is 5. The summed E-state index contributed by atoms with van der Waals surface area (Å²) < 4.78 is 16.3. The number of fused-ring (bicyclic) bond motifs is 1. The van der Waals surface area contributed by atoms with Gasteiger partial charge in [0.15, 0.2) is 5.43 Å². The fourth-order valence-corrected chi connectivity index (χ4v) is 2.51. The highest BCUT2D eigenvalue weighted by Gasteiger charge is 2.11. The van der Waals surface area contributed by atoms with Gasteiger partial charge in [-0.1, -0.05) is 30.3 Å². The second-order valence-corrected chi connectivity index (χ2v) is 5.63. The average Bonchev–Trinajstić information content (AvgIpc) is 2.65. The predicted octanol–water partition coefficient (Wildman–Crippen LogP) is 3.24. The van der Waals surface area contributed by atoms with E-state index in [0.717, 1.165) is 5.56 Å². The van der Waals surface area contributed by atoms with Gasteiger partial charge >= 0.3 is 0 Å². The summed E-state index contributed by atoms with van der Waals surface area (Å²) >= 11 is 0. The summed E-state index contributed by atoms with van der Waals surface area (Å²) in [6.45, 7) is 2.74. The summed E-state index contributed by atoms with van der Waals surface area (Å²) in [7, 11) is 0. The quantitative estimate of drug-likeness (QED) is 0.715. The molecule has 0 aliphatic carbocycles. The molecule has 0 amide bonds. The van der Waals surface area contributed by atoms with Crippen LogP contribution >= 0.6 is 0 Å². The lowest BCUT2D eigenvalue weighted by Gasteiger charge is -2.12. The van der Waals surface area contributed by atoms with Gasteiger partial charge in [-0.3, -0.25) is 4.79 Å². The molecule has 0 spiro atoms. The van der Waals surface area contributed by atoms with E-state index in [9.17, 15) is 9.90 Å². The van der Waals surface area contributed by atoms with Gasteiger partial charge in [0.2, 0.25) is 0 Å². The molecule has 2 aromatic carbocycles. The Labute approximate surface area is 145 Å². The van der Waals surface area contributed by atoms with Gasteiger partial charge < -0.3 is 19.0 Å². The van der Waals surface area contributed by atoms with Crippen LogP contribution in [0.25, 0.3) is 22.1 Å². The maximum absolute atomic E-state index is 12.7. The van der Waals surface area contributed by atoms with Crippen LogP contribution in [0.3, 0.4) is 0 Å². The van der Waals surface area contributed by atoms with Crippen molar-refractivity contribution in [3.63, 3.8) is 0 Å². The first kappa shape index (κ1) is 17.2. The third-order valence-corrected chi connectivity index (χ3v) is 3.79. The van der Waals surface area contributed by atoms with Gasteiger partial charge in [0.05, 0.1) is 17.6 Å². The number of hydrogen-bond donors (Lipinski definition) is 1. The summed E-state index contributed by atoms with van der Waals surface area (Å²) in [5.41, 5.74) is 1.70. The SMILES string of the molecule is CCOC[C@@H](O)COc1ccc2c(=O)c(-c3ccccc3)coc2c1. The Morgan fingerprint density at radius 1 is 1.12 bits per heavy atom. The van der Waals surface area contributed by atoms with Crippen molar-refractivity contribution in [3.8, 4) is 16.9 Å².